The number of aromatic hydroxyl groups is 1. The summed E-state index contributed by atoms with van der Waals surface area (Å²) in [6.07, 6.45) is 2.69. The number of ether oxygens (including phenoxy) is 1. The van der Waals surface area contributed by atoms with Crippen molar-refractivity contribution in [1.82, 2.24) is 0 Å². The Bertz CT molecular complexity index is 662. The fourth-order valence-electron chi connectivity index (χ4n) is 2.65. The zero-order valence-electron chi connectivity index (χ0n) is 11.6. The number of hydrogen-bond acceptors (Lipinski definition) is 4. The standard InChI is InChI=1S/C17H17NO3/c19-13-9-7-12(8-10-13)11-21-17-6-2-3-14-15(17)4-1-5-16(14)18-20/h2-3,6-10,19-20H,1,4-5,11H2/b18-16-. The van der Waals surface area contributed by atoms with Crippen LogP contribution in [0.25, 0.3) is 0 Å². The van der Waals surface area contributed by atoms with E-state index in [0.29, 0.717) is 6.61 Å². The maximum Gasteiger partial charge on any atom is 0.123 e. The zero-order valence-corrected chi connectivity index (χ0v) is 11.6. The van der Waals surface area contributed by atoms with Crippen LogP contribution in [0.5, 0.6) is 11.5 Å². The molecule has 0 saturated heterocycles. The van der Waals surface area contributed by atoms with E-state index in [1.807, 2.05) is 30.3 Å². The predicted octanol–water partition coefficient (Wildman–Crippen LogP) is 3.49. The lowest BCUT2D eigenvalue weighted by Gasteiger charge is -2.20. The minimum absolute atomic E-state index is 0.250. The Morgan fingerprint density at radius 2 is 1.86 bits per heavy atom. The highest BCUT2D eigenvalue weighted by molar-refractivity contribution is 6.02. The van der Waals surface area contributed by atoms with Crippen LogP contribution in [0.4, 0.5) is 0 Å². The second-order valence-electron chi connectivity index (χ2n) is 5.14. The maximum atomic E-state index is 9.28. The Kier molecular flexibility index (Phi) is 3.77. The smallest absolute Gasteiger partial charge is 0.123 e. The number of nitrogens with zero attached hydrogens (tertiary/aromatic N) is 1. The third-order valence-electron chi connectivity index (χ3n) is 3.74. The molecule has 1 aliphatic rings. The van der Waals surface area contributed by atoms with Gasteiger partial charge >= 0.3 is 0 Å². The summed E-state index contributed by atoms with van der Waals surface area (Å²) in [6.45, 7) is 0.447. The monoisotopic (exact) mass is 283 g/mol. The fourth-order valence-corrected chi connectivity index (χ4v) is 2.65. The summed E-state index contributed by atoms with van der Waals surface area (Å²) in [5.74, 6) is 1.08. The second-order valence-corrected chi connectivity index (χ2v) is 5.14. The minimum Gasteiger partial charge on any atom is -0.508 e. The van der Waals surface area contributed by atoms with Crippen LogP contribution in [-0.2, 0) is 13.0 Å². The largest absolute Gasteiger partial charge is 0.508 e. The SMILES string of the molecule is O/N=C1/CCCc2c(OCc3ccc(O)cc3)cccc21. The van der Waals surface area contributed by atoms with Crippen LogP contribution in [0.1, 0.15) is 29.5 Å². The van der Waals surface area contributed by atoms with Crippen molar-refractivity contribution < 1.29 is 15.1 Å². The molecule has 0 radical (unpaired) electrons. The van der Waals surface area contributed by atoms with Gasteiger partial charge in [0.25, 0.3) is 0 Å². The highest BCUT2D eigenvalue weighted by Crippen LogP contribution is 2.30. The summed E-state index contributed by atoms with van der Waals surface area (Å²) >= 11 is 0. The quantitative estimate of drug-likeness (QED) is 0.669. The molecular formula is C17H17NO3. The van der Waals surface area contributed by atoms with Crippen molar-refractivity contribution in [3.05, 3.63) is 59.2 Å². The lowest BCUT2D eigenvalue weighted by molar-refractivity contribution is 0.301. The van der Waals surface area contributed by atoms with Crippen LogP contribution < -0.4 is 4.74 Å². The van der Waals surface area contributed by atoms with E-state index in [4.69, 9.17) is 9.94 Å². The van der Waals surface area contributed by atoms with Crippen LogP contribution >= 0.6 is 0 Å². The van der Waals surface area contributed by atoms with Crippen molar-refractivity contribution in [2.75, 3.05) is 0 Å². The van der Waals surface area contributed by atoms with E-state index in [2.05, 4.69) is 5.16 Å². The van der Waals surface area contributed by atoms with Gasteiger partial charge in [-0.1, -0.05) is 29.4 Å². The summed E-state index contributed by atoms with van der Waals surface area (Å²) in [7, 11) is 0. The molecule has 0 bridgehead atoms. The van der Waals surface area contributed by atoms with E-state index in [9.17, 15) is 5.11 Å². The average Bonchev–Trinajstić information content (AvgIpc) is 2.53. The number of phenols is 1. The molecule has 2 N–H and O–H groups in total. The first-order chi connectivity index (χ1) is 10.3. The summed E-state index contributed by atoms with van der Waals surface area (Å²) < 4.78 is 5.90. The van der Waals surface area contributed by atoms with Gasteiger partial charge in [-0.15, -0.1) is 0 Å². The molecule has 0 amide bonds. The number of benzene rings is 2. The topological polar surface area (TPSA) is 62.1 Å². The number of hydrogen-bond donors (Lipinski definition) is 2. The molecule has 0 atom stereocenters. The summed E-state index contributed by atoms with van der Waals surface area (Å²) in [6, 6.07) is 12.8. The molecule has 4 nitrogen and oxygen atoms in total. The first-order valence-corrected chi connectivity index (χ1v) is 7.02. The third kappa shape index (κ3) is 2.84. The third-order valence-corrected chi connectivity index (χ3v) is 3.74. The lowest BCUT2D eigenvalue weighted by Crippen LogP contribution is -2.13. The summed E-state index contributed by atoms with van der Waals surface area (Å²) in [4.78, 5) is 0. The van der Waals surface area contributed by atoms with E-state index in [1.165, 1.54) is 0 Å². The van der Waals surface area contributed by atoms with Crippen LogP contribution in [-0.4, -0.2) is 16.0 Å². The number of oxime groups is 1. The first-order valence-electron chi connectivity index (χ1n) is 7.02. The Morgan fingerprint density at radius 1 is 1.05 bits per heavy atom. The Morgan fingerprint density at radius 3 is 2.62 bits per heavy atom. The van der Waals surface area contributed by atoms with E-state index in [0.717, 1.165) is 47.4 Å². The zero-order chi connectivity index (χ0) is 14.7. The number of phenolic OH excluding ortho intramolecular Hbond substituents is 1. The first kappa shape index (κ1) is 13.5. The van der Waals surface area contributed by atoms with Gasteiger partial charge in [-0.2, -0.15) is 0 Å². The van der Waals surface area contributed by atoms with Gasteiger partial charge in [0.2, 0.25) is 0 Å². The molecule has 0 fully saturated rings. The van der Waals surface area contributed by atoms with Crippen molar-refractivity contribution in [3.63, 3.8) is 0 Å². The van der Waals surface area contributed by atoms with Crippen LogP contribution in [0, 0.1) is 0 Å². The molecule has 3 rings (SSSR count). The molecule has 0 aromatic heterocycles. The summed E-state index contributed by atoms with van der Waals surface area (Å²) in [5.41, 5.74) is 3.81. The molecule has 0 unspecified atom stereocenters. The van der Waals surface area contributed by atoms with Gasteiger partial charge in [0.1, 0.15) is 18.1 Å². The van der Waals surface area contributed by atoms with Crippen molar-refractivity contribution in [3.8, 4) is 11.5 Å². The van der Waals surface area contributed by atoms with Crippen molar-refractivity contribution in [2.45, 2.75) is 25.9 Å². The van der Waals surface area contributed by atoms with E-state index >= 15 is 0 Å². The van der Waals surface area contributed by atoms with E-state index in [-0.39, 0.29) is 5.75 Å². The second kappa shape index (κ2) is 5.87. The van der Waals surface area contributed by atoms with Crippen LogP contribution in [0.15, 0.2) is 47.6 Å². The molecule has 0 aliphatic heterocycles. The molecule has 1 aliphatic carbocycles. The van der Waals surface area contributed by atoms with Crippen molar-refractivity contribution >= 4 is 5.71 Å². The molecule has 0 heterocycles. The van der Waals surface area contributed by atoms with Gasteiger partial charge in [0, 0.05) is 11.1 Å². The van der Waals surface area contributed by atoms with Gasteiger partial charge in [0.05, 0.1) is 5.71 Å². The number of fused-ring (bicyclic) bond motifs is 1. The highest BCUT2D eigenvalue weighted by atomic mass is 16.5. The Hall–Kier alpha value is -2.49. The van der Waals surface area contributed by atoms with E-state index < -0.39 is 0 Å². The molecule has 2 aromatic rings. The molecular weight excluding hydrogens is 266 g/mol. The maximum absolute atomic E-state index is 9.28. The fraction of sp³-hybridized carbons (Fsp3) is 0.235. The molecule has 108 valence electrons. The molecule has 2 aromatic carbocycles. The van der Waals surface area contributed by atoms with Crippen LogP contribution in [0.3, 0.4) is 0 Å². The van der Waals surface area contributed by atoms with Gasteiger partial charge in [0.15, 0.2) is 0 Å². The summed E-state index contributed by atoms with van der Waals surface area (Å²) in [5, 5.41) is 21.8. The minimum atomic E-state index is 0.250. The molecule has 0 spiro atoms. The van der Waals surface area contributed by atoms with Gasteiger partial charge in [-0.25, -0.2) is 0 Å². The predicted molar refractivity (Wildman–Crippen MR) is 80.1 cm³/mol. The molecule has 4 heteroatoms. The molecule has 21 heavy (non-hydrogen) atoms. The highest BCUT2D eigenvalue weighted by Gasteiger charge is 2.19. The lowest BCUT2D eigenvalue weighted by atomic mass is 9.89. The normalized spacial score (nSPS) is 15.7. The van der Waals surface area contributed by atoms with Gasteiger partial charge in [-0.3, -0.25) is 0 Å². The van der Waals surface area contributed by atoms with Crippen molar-refractivity contribution in [2.24, 2.45) is 5.16 Å². The van der Waals surface area contributed by atoms with Crippen LogP contribution in [0.2, 0.25) is 0 Å². The Balaban J connectivity index is 1.81. The Labute approximate surface area is 123 Å². The molecule has 0 saturated carbocycles. The van der Waals surface area contributed by atoms with Crippen molar-refractivity contribution in [1.29, 1.82) is 0 Å². The average molecular weight is 283 g/mol. The number of rotatable bonds is 3. The van der Waals surface area contributed by atoms with E-state index in [1.54, 1.807) is 12.1 Å². The van der Waals surface area contributed by atoms with Gasteiger partial charge < -0.3 is 15.1 Å². The van der Waals surface area contributed by atoms with Gasteiger partial charge in [-0.05, 0) is 43.0 Å².